The zero-order valence-corrected chi connectivity index (χ0v) is 15.1. The van der Waals surface area contributed by atoms with Gasteiger partial charge in [-0.1, -0.05) is 12.2 Å². The zero-order valence-electron chi connectivity index (χ0n) is 15.1. The molecule has 1 fully saturated rings. The van der Waals surface area contributed by atoms with Crippen LogP contribution >= 0.6 is 0 Å². The van der Waals surface area contributed by atoms with E-state index in [1.165, 1.54) is 29.5 Å². The number of hydrogen-bond donors (Lipinski definition) is 0. The fraction of sp³-hybridized carbons (Fsp3) is 0.421. The van der Waals surface area contributed by atoms with Gasteiger partial charge in [0.1, 0.15) is 18.2 Å². The van der Waals surface area contributed by atoms with E-state index in [1.54, 1.807) is 7.05 Å². The van der Waals surface area contributed by atoms with E-state index in [2.05, 4.69) is 32.3 Å². The summed E-state index contributed by atoms with van der Waals surface area (Å²) in [5.41, 5.74) is 2.57. The van der Waals surface area contributed by atoms with Crippen molar-refractivity contribution in [3.63, 3.8) is 0 Å². The topological polar surface area (TPSA) is 93.4 Å². The monoisotopic (exact) mass is 347 g/mol. The first-order valence-electron chi connectivity index (χ1n) is 8.73. The highest BCUT2D eigenvalue weighted by Gasteiger charge is 2.17. The van der Waals surface area contributed by atoms with Crippen LogP contribution in [0.15, 0.2) is 45.8 Å². The van der Waals surface area contributed by atoms with Gasteiger partial charge in [0.2, 0.25) is 0 Å². The highest BCUT2D eigenvalue weighted by atomic mass is 15.3. The molecule has 1 aromatic rings. The quantitative estimate of drug-likeness (QED) is 0.782. The van der Waals surface area contributed by atoms with Gasteiger partial charge in [0, 0.05) is 25.8 Å². The lowest BCUT2D eigenvalue weighted by atomic mass is 10.1. The van der Waals surface area contributed by atoms with Gasteiger partial charge in [-0.05, 0) is 43.9 Å². The van der Waals surface area contributed by atoms with Crippen LogP contribution in [0.3, 0.4) is 0 Å². The lowest BCUT2D eigenvalue weighted by Gasteiger charge is -2.29. The Labute approximate surface area is 153 Å². The average molecular weight is 347 g/mol. The number of azo groups is 1. The molecule has 132 valence electrons. The fourth-order valence-corrected chi connectivity index (χ4v) is 3.15. The first kappa shape index (κ1) is 17.6. The summed E-state index contributed by atoms with van der Waals surface area (Å²) in [5.74, 6) is 0.257. The predicted molar refractivity (Wildman–Crippen MR) is 97.3 cm³/mol. The number of aromatic nitrogens is 2. The molecule has 0 spiro atoms. The van der Waals surface area contributed by atoms with Crippen LogP contribution in [0.5, 0.6) is 0 Å². The Bertz CT molecular complexity index is 880. The summed E-state index contributed by atoms with van der Waals surface area (Å²) in [5, 5.41) is 26.7. The molecule has 1 saturated heterocycles. The number of allylic oxidation sites excluding steroid dienone is 3. The van der Waals surface area contributed by atoms with Gasteiger partial charge in [0.25, 0.3) is 5.95 Å². The molecule has 0 aromatic carbocycles. The number of imidazole rings is 1. The van der Waals surface area contributed by atoms with Crippen molar-refractivity contribution < 1.29 is 0 Å². The van der Waals surface area contributed by atoms with Crippen LogP contribution in [0.4, 0.5) is 5.95 Å². The highest BCUT2D eigenvalue weighted by molar-refractivity contribution is 5.43. The van der Waals surface area contributed by atoms with Gasteiger partial charge in [-0.25, -0.2) is 0 Å². The minimum Gasteiger partial charge on any atom is -0.372 e. The van der Waals surface area contributed by atoms with Crippen molar-refractivity contribution in [1.29, 1.82) is 10.5 Å². The highest BCUT2D eigenvalue weighted by Crippen LogP contribution is 2.23. The van der Waals surface area contributed by atoms with E-state index in [1.807, 2.05) is 31.2 Å². The van der Waals surface area contributed by atoms with Gasteiger partial charge >= 0.3 is 0 Å². The SMILES string of the molecule is CC1=CC(N2CCCCC2)=CC=CC1N=Nc1nc(C#N)c(C#N)n1C. The number of nitriles is 2. The molecule has 1 aliphatic heterocycles. The van der Waals surface area contributed by atoms with Gasteiger partial charge in [-0.15, -0.1) is 5.11 Å². The van der Waals surface area contributed by atoms with Gasteiger partial charge in [-0.2, -0.15) is 20.6 Å². The molecule has 0 amide bonds. The molecule has 0 radical (unpaired) electrons. The second kappa shape index (κ2) is 7.79. The van der Waals surface area contributed by atoms with E-state index in [-0.39, 0.29) is 23.4 Å². The number of rotatable bonds is 3. The molecule has 3 rings (SSSR count). The zero-order chi connectivity index (χ0) is 18.5. The molecule has 2 heterocycles. The Morgan fingerprint density at radius 3 is 2.62 bits per heavy atom. The minimum atomic E-state index is -0.193. The Morgan fingerprint density at radius 2 is 1.96 bits per heavy atom. The first-order valence-corrected chi connectivity index (χ1v) is 8.73. The Kier molecular flexibility index (Phi) is 5.28. The second-order valence-corrected chi connectivity index (χ2v) is 6.46. The van der Waals surface area contributed by atoms with E-state index in [0.717, 1.165) is 18.7 Å². The lowest BCUT2D eigenvalue weighted by Crippen LogP contribution is -2.28. The van der Waals surface area contributed by atoms with Crippen LogP contribution < -0.4 is 0 Å². The van der Waals surface area contributed by atoms with Crippen LogP contribution in [-0.4, -0.2) is 33.6 Å². The summed E-state index contributed by atoms with van der Waals surface area (Å²) < 4.78 is 1.49. The third-order valence-electron chi connectivity index (χ3n) is 4.68. The van der Waals surface area contributed by atoms with E-state index >= 15 is 0 Å². The first-order chi connectivity index (χ1) is 12.6. The van der Waals surface area contributed by atoms with Crippen molar-refractivity contribution in [2.45, 2.75) is 32.2 Å². The van der Waals surface area contributed by atoms with Crippen molar-refractivity contribution in [2.24, 2.45) is 17.3 Å². The number of hydrogen-bond acceptors (Lipinski definition) is 6. The van der Waals surface area contributed by atoms with Crippen molar-refractivity contribution in [3.8, 4) is 12.1 Å². The van der Waals surface area contributed by atoms with Crippen LogP contribution in [0.1, 0.15) is 37.6 Å². The van der Waals surface area contributed by atoms with Crippen molar-refractivity contribution in [3.05, 3.63) is 47.0 Å². The predicted octanol–water partition coefficient (Wildman–Crippen LogP) is 3.50. The molecular formula is C19H21N7. The van der Waals surface area contributed by atoms with Crippen LogP contribution in [0.25, 0.3) is 0 Å². The van der Waals surface area contributed by atoms with Crippen molar-refractivity contribution in [1.82, 2.24) is 14.5 Å². The van der Waals surface area contributed by atoms with Gasteiger partial charge in [-0.3, -0.25) is 0 Å². The molecule has 7 nitrogen and oxygen atoms in total. The minimum absolute atomic E-state index is 0.0710. The van der Waals surface area contributed by atoms with E-state index in [0.29, 0.717) is 0 Å². The van der Waals surface area contributed by atoms with E-state index in [9.17, 15) is 0 Å². The molecule has 1 unspecified atom stereocenters. The second-order valence-electron chi connectivity index (χ2n) is 6.46. The summed E-state index contributed by atoms with van der Waals surface area (Å²) in [6.45, 7) is 4.23. The fourth-order valence-electron chi connectivity index (χ4n) is 3.15. The third-order valence-corrected chi connectivity index (χ3v) is 4.68. The van der Waals surface area contributed by atoms with Gasteiger partial charge < -0.3 is 9.47 Å². The van der Waals surface area contributed by atoms with Crippen molar-refractivity contribution in [2.75, 3.05) is 13.1 Å². The largest absolute Gasteiger partial charge is 0.372 e. The maximum atomic E-state index is 9.13. The molecule has 1 aliphatic carbocycles. The van der Waals surface area contributed by atoms with Gasteiger partial charge in [0.15, 0.2) is 11.4 Å². The molecule has 2 aliphatic rings. The summed E-state index contributed by atoms with van der Waals surface area (Å²) >= 11 is 0. The number of likely N-dealkylation sites (tertiary alicyclic amines) is 1. The molecule has 26 heavy (non-hydrogen) atoms. The summed E-state index contributed by atoms with van der Waals surface area (Å²) in [6.07, 6.45) is 12.1. The summed E-state index contributed by atoms with van der Waals surface area (Å²) in [7, 11) is 1.66. The maximum absolute atomic E-state index is 9.13. The standard InChI is InChI=1S/C19H21N7/c1-14-11-15(26-9-4-3-5-10-26)7-6-8-16(14)23-24-19-22-17(12-20)18(13-21)25(19)2/h6-8,11,16H,3-5,9-10H2,1-2H3. The maximum Gasteiger partial charge on any atom is 0.251 e. The smallest absolute Gasteiger partial charge is 0.251 e. The molecule has 0 N–H and O–H groups in total. The van der Waals surface area contributed by atoms with E-state index in [4.69, 9.17) is 10.5 Å². The molecule has 1 atom stereocenters. The number of piperidine rings is 1. The van der Waals surface area contributed by atoms with Crippen LogP contribution in [0.2, 0.25) is 0 Å². The normalized spacial score (nSPS) is 20.3. The lowest BCUT2D eigenvalue weighted by molar-refractivity contribution is 0.293. The Balaban J connectivity index is 1.79. The Morgan fingerprint density at radius 1 is 1.19 bits per heavy atom. The van der Waals surface area contributed by atoms with Crippen molar-refractivity contribution >= 4 is 5.95 Å². The third kappa shape index (κ3) is 3.57. The average Bonchev–Trinajstić information content (AvgIpc) is 2.85. The summed E-state index contributed by atoms with van der Waals surface area (Å²) in [6, 6.07) is 3.69. The molecule has 1 aromatic heterocycles. The molecule has 0 bridgehead atoms. The van der Waals surface area contributed by atoms with Gasteiger partial charge in [0.05, 0.1) is 0 Å². The van der Waals surface area contributed by atoms with E-state index < -0.39 is 0 Å². The van der Waals surface area contributed by atoms with Crippen LogP contribution in [0, 0.1) is 22.7 Å². The van der Waals surface area contributed by atoms with Crippen LogP contribution in [-0.2, 0) is 7.05 Å². The number of nitrogens with zero attached hydrogens (tertiary/aromatic N) is 7. The summed E-state index contributed by atoms with van der Waals surface area (Å²) in [4.78, 5) is 6.49. The Hall–Kier alpha value is -3.19. The molecule has 0 saturated carbocycles. The molecular weight excluding hydrogens is 326 g/mol. The molecule has 7 heteroatoms.